The molecular formula is C18H20ClNO2. The first-order valence-corrected chi connectivity index (χ1v) is 8.16. The lowest BCUT2D eigenvalue weighted by atomic mass is 10.1. The minimum Gasteiger partial charge on any atom is -0.477 e. The van der Waals surface area contributed by atoms with Gasteiger partial charge in [0.1, 0.15) is 5.69 Å². The van der Waals surface area contributed by atoms with Gasteiger partial charge in [-0.15, -0.1) is 0 Å². The second kappa shape index (κ2) is 6.57. The van der Waals surface area contributed by atoms with Gasteiger partial charge in [0.15, 0.2) is 0 Å². The van der Waals surface area contributed by atoms with Gasteiger partial charge < -0.3 is 9.67 Å². The third-order valence-electron chi connectivity index (χ3n) is 4.42. The van der Waals surface area contributed by atoms with E-state index in [2.05, 4.69) is 0 Å². The molecule has 1 heterocycles. The zero-order valence-electron chi connectivity index (χ0n) is 12.5. The first-order valence-electron chi connectivity index (χ1n) is 7.78. The van der Waals surface area contributed by atoms with Gasteiger partial charge in [-0.05, 0) is 54.5 Å². The third kappa shape index (κ3) is 3.53. The van der Waals surface area contributed by atoms with Crippen LogP contribution in [0.3, 0.4) is 0 Å². The quantitative estimate of drug-likeness (QED) is 0.874. The summed E-state index contributed by atoms with van der Waals surface area (Å²) >= 11 is 5.90. The summed E-state index contributed by atoms with van der Waals surface area (Å²) in [5, 5.41) is 10.1. The Kier molecular flexibility index (Phi) is 4.53. The van der Waals surface area contributed by atoms with Gasteiger partial charge in [-0.2, -0.15) is 0 Å². The number of rotatable bonds is 5. The number of carboxylic acid groups (broad SMARTS) is 1. The molecule has 0 amide bonds. The van der Waals surface area contributed by atoms with E-state index in [0.717, 1.165) is 24.1 Å². The van der Waals surface area contributed by atoms with Crippen molar-refractivity contribution in [2.45, 2.75) is 38.6 Å². The van der Waals surface area contributed by atoms with E-state index in [1.54, 1.807) is 6.07 Å². The highest BCUT2D eigenvalue weighted by molar-refractivity contribution is 6.30. The van der Waals surface area contributed by atoms with E-state index >= 15 is 0 Å². The van der Waals surface area contributed by atoms with Crippen molar-refractivity contribution >= 4 is 17.6 Å². The Morgan fingerprint density at radius 1 is 1.18 bits per heavy atom. The molecule has 1 aliphatic rings. The highest BCUT2D eigenvalue weighted by atomic mass is 35.5. The van der Waals surface area contributed by atoms with E-state index in [0.29, 0.717) is 16.6 Å². The SMILES string of the molecule is O=C(O)c1cc(Cc2ccc(Cl)cc2)cn1CC1CCCC1. The maximum absolute atomic E-state index is 11.5. The van der Waals surface area contributed by atoms with Crippen molar-refractivity contribution in [1.82, 2.24) is 4.57 Å². The largest absolute Gasteiger partial charge is 0.477 e. The van der Waals surface area contributed by atoms with Crippen LogP contribution in [-0.4, -0.2) is 15.6 Å². The normalized spacial score (nSPS) is 15.3. The van der Waals surface area contributed by atoms with Crippen molar-refractivity contribution in [2.75, 3.05) is 0 Å². The first-order chi connectivity index (χ1) is 10.6. The van der Waals surface area contributed by atoms with Crippen molar-refractivity contribution in [3.05, 3.63) is 58.4 Å². The highest BCUT2D eigenvalue weighted by Crippen LogP contribution is 2.27. The van der Waals surface area contributed by atoms with Crippen LogP contribution in [0.4, 0.5) is 0 Å². The van der Waals surface area contributed by atoms with Gasteiger partial charge >= 0.3 is 5.97 Å². The van der Waals surface area contributed by atoms with Crippen LogP contribution in [0, 0.1) is 5.92 Å². The summed E-state index contributed by atoms with van der Waals surface area (Å²) in [6.07, 6.45) is 7.69. The predicted molar refractivity (Wildman–Crippen MR) is 87.6 cm³/mol. The van der Waals surface area contributed by atoms with Crippen molar-refractivity contribution in [2.24, 2.45) is 5.92 Å². The molecule has 0 atom stereocenters. The minimum absolute atomic E-state index is 0.399. The van der Waals surface area contributed by atoms with Gasteiger partial charge in [-0.25, -0.2) is 4.79 Å². The molecule has 3 nitrogen and oxygen atoms in total. The first kappa shape index (κ1) is 15.2. The lowest BCUT2D eigenvalue weighted by Crippen LogP contribution is -2.12. The molecule has 0 bridgehead atoms. The van der Waals surface area contributed by atoms with Crippen LogP contribution >= 0.6 is 11.6 Å². The van der Waals surface area contributed by atoms with Crippen LogP contribution in [0.25, 0.3) is 0 Å². The van der Waals surface area contributed by atoms with Crippen molar-refractivity contribution < 1.29 is 9.90 Å². The molecule has 1 aromatic carbocycles. The number of benzene rings is 1. The lowest BCUT2D eigenvalue weighted by molar-refractivity contribution is 0.0684. The third-order valence-corrected chi connectivity index (χ3v) is 4.68. The summed E-state index contributed by atoms with van der Waals surface area (Å²) in [4.78, 5) is 11.5. The molecule has 0 spiro atoms. The average Bonchev–Trinajstić information content (AvgIpc) is 3.12. The molecular weight excluding hydrogens is 298 g/mol. The van der Waals surface area contributed by atoms with Gasteiger partial charge in [0.2, 0.25) is 0 Å². The van der Waals surface area contributed by atoms with Crippen molar-refractivity contribution in [3.63, 3.8) is 0 Å². The summed E-state index contributed by atoms with van der Waals surface area (Å²) in [7, 11) is 0. The molecule has 0 unspecified atom stereocenters. The van der Waals surface area contributed by atoms with E-state index in [9.17, 15) is 9.90 Å². The van der Waals surface area contributed by atoms with Crippen LogP contribution < -0.4 is 0 Å². The standard InChI is InChI=1S/C18H20ClNO2/c19-16-7-5-13(6-8-16)9-15-10-17(18(21)22)20(12-15)11-14-3-1-2-4-14/h5-8,10,12,14H,1-4,9,11H2,(H,21,22). The summed E-state index contributed by atoms with van der Waals surface area (Å²) in [6, 6.07) is 9.50. The van der Waals surface area contributed by atoms with E-state index in [1.807, 2.05) is 35.0 Å². The van der Waals surface area contributed by atoms with E-state index in [-0.39, 0.29) is 0 Å². The summed E-state index contributed by atoms with van der Waals surface area (Å²) < 4.78 is 1.92. The topological polar surface area (TPSA) is 42.2 Å². The zero-order valence-corrected chi connectivity index (χ0v) is 13.2. The molecule has 1 aliphatic carbocycles. The summed E-state index contributed by atoms with van der Waals surface area (Å²) in [5.41, 5.74) is 2.58. The monoisotopic (exact) mass is 317 g/mol. The minimum atomic E-state index is -0.847. The zero-order chi connectivity index (χ0) is 15.5. The number of hydrogen-bond acceptors (Lipinski definition) is 1. The van der Waals surface area contributed by atoms with Crippen molar-refractivity contribution in [1.29, 1.82) is 0 Å². The molecule has 0 radical (unpaired) electrons. The second-order valence-corrected chi connectivity index (χ2v) is 6.58. The van der Waals surface area contributed by atoms with Gasteiger partial charge in [0, 0.05) is 17.8 Å². The van der Waals surface area contributed by atoms with E-state index in [1.165, 1.54) is 25.7 Å². The Balaban J connectivity index is 1.79. The Morgan fingerprint density at radius 3 is 2.50 bits per heavy atom. The molecule has 1 fully saturated rings. The Morgan fingerprint density at radius 2 is 1.86 bits per heavy atom. The van der Waals surface area contributed by atoms with Gasteiger partial charge in [0.05, 0.1) is 0 Å². The van der Waals surface area contributed by atoms with Crippen LogP contribution in [0.1, 0.15) is 47.3 Å². The molecule has 1 N–H and O–H groups in total. The molecule has 0 aliphatic heterocycles. The van der Waals surface area contributed by atoms with Crippen LogP contribution in [0.15, 0.2) is 36.5 Å². The summed E-state index contributed by atoms with van der Waals surface area (Å²) in [6.45, 7) is 0.822. The Labute approximate surface area is 135 Å². The number of nitrogens with zero attached hydrogens (tertiary/aromatic N) is 1. The number of aromatic carboxylic acids is 1. The van der Waals surface area contributed by atoms with Crippen molar-refractivity contribution in [3.8, 4) is 0 Å². The van der Waals surface area contributed by atoms with E-state index < -0.39 is 5.97 Å². The number of aromatic nitrogens is 1. The molecule has 22 heavy (non-hydrogen) atoms. The Hall–Kier alpha value is -1.74. The molecule has 1 aromatic heterocycles. The second-order valence-electron chi connectivity index (χ2n) is 6.14. The molecule has 1 saturated carbocycles. The fraction of sp³-hybridized carbons (Fsp3) is 0.389. The predicted octanol–water partition coefficient (Wildman–Crippen LogP) is 4.62. The van der Waals surface area contributed by atoms with Crippen LogP contribution in [0.5, 0.6) is 0 Å². The highest BCUT2D eigenvalue weighted by Gasteiger charge is 2.19. The maximum Gasteiger partial charge on any atom is 0.352 e. The van der Waals surface area contributed by atoms with Gasteiger partial charge in [0.25, 0.3) is 0 Å². The fourth-order valence-corrected chi connectivity index (χ4v) is 3.43. The average molecular weight is 318 g/mol. The Bertz CT molecular complexity index is 654. The molecule has 3 rings (SSSR count). The van der Waals surface area contributed by atoms with E-state index in [4.69, 9.17) is 11.6 Å². The molecule has 116 valence electrons. The smallest absolute Gasteiger partial charge is 0.352 e. The summed E-state index contributed by atoms with van der Waals surface area (Å²) in [5.74, 6) is -0.228. The number of carboxylic acids is 1. The molecule has 2 aromatic rings. The van der Waals surface area contributed by atoms with Crippen LogP contribution in [0.2, 0.25) is 5.02 Å². The lowest BCUT2D eigenvalue weighted by Gasteiger charge is -2.11. The van der Waals surface area contributed by atoms with Crippen LogP contribution in [-0.2, 0) is 13.0 Å². The fourth-order valence-electron chi connectivity index (χ4n) is 3.31. The molecule has 4 heteroatoms. The maximum atomic E-state index is 11.5. The van der Waals surface area contributed by atoms with Gasteiger partial charge in [-0.3, -0.25) is 0 Å². The molecule has 0 saturated heterocycles. The number of halogens is 1. The number of hydrogen-bond donors (Lipinski definition) is 1. The van der Waals surface area contributed by atoms with Gasteiger partial charge in [-0.1, -0.05) is 36.6 Å². The number of carbonyl (C=O) groups is 1.